The van der Waals surface area contributed by atoms with Crippen LogP contribution in [0.3, 0.4) is 0 Å². The van der Waals surface area contributed by atoms with Crippen LogP contribution in [0.2, 0.25) is 6.55 Å². The largest absolute Gasteiger partial charge is 0.350 e. The zero-order valence-corrected chi connectivity index (χ0v) is 6.70. The van der Waals surface area contributed by atoms with E-state index in [0.29, 0.717) is 0 Å². The molecule has 0 heterocycles. The van der Waals surface area contributed by atoms with Gasteiger partial charge < -0.3 is 5.40 Å². The summed E-state index contributed by atoms with van der Waals surface area (Å²) in [7, 11) is -1.03. The van der Waals surface area contributed by atoms with Crippen molar-refractivity contribution >= 4 is 14.1 Å². The molecule has 0 saturated carbocycles. The Balaban J connectivity index is 2.85. The summed E-state index contributed by atoms with van der Waals surface area (Å²) in [5, 5.41) is 7.08. The highest BCUT2D eigenvalue weighted by molar-refractivity contribution is 6.68. The van der Waals surface area contributed by atoms with Crippen molar-refractivity contribution in [3.63, 3.8) is 0 Å². The van der Waals surface area contributed by atoms with Gasteiger partial charge in [-0.3, -0.25) is 0 Å². The third-order valence-electron chi connectivity index (χ3n) is 1.33. The molecular weight excluding hydrogens is 126 g/mol. The molecule has 2 heteroatoms. The van der Waals surface area contributed by atoms with Crippen molar-refractivity contribution in [3.8, 4) is 0 Å². The van der Waals surface area contributed by atoms with Gasteiger partial charge in [-0.05, 0) is 5.19 Å². The molecule has 1 aromatic carbocycles. The van der Waals surface area contributed by atoms with Crippen LogP contribution < -0.4 is 10.6 Å². The van der Waals surface area contributed by atoms with Gasteiger partial charge in [-0.15, -0.1) is 0 Å². The molecule has 9 heavy (non-hydrogen) atoms. The van der Waals surface area contributed by atoms with Crippen molar-refractivity contribution in [2.75, 3.05) is 0 Å². The Morgan fingerprint density at radius 3 is 2.11 bits per heavy atom. The molecule has 0 aliphatic rings. The zero-order valence-electron chi connectivity index (χ0n) is 5.54. The molecule has 1 atom stereocenters. The van der Waals surface area contributed by atoms with Crippen molar-refractivity contribution < 1.29 is 0 Å². The summed E-state index contributed by atoms with van der Waals surface area (Å²) in [6, 6.07) is 10.3. The van der Waals surface area contributed by atoms with Crippen molar-refractivity contribution in [2.45, 2.75) is 6.55 Å². The minimum absolute atomic E-state index is 1.03. The first-order valence-corrected chi connectivity index (χ1v) is 5.51. The predicted octanol–water partition coefficient (Wildman–Crippen LogP) is 0.206. The molecule has 1 nitrogen and oxygen atoms in total. The quantitative estimate of drug-likeness (QED) is 0.550. The van der Waals surface area contributed by atoms with E-state index in [1.54, 1.807) is 0 Å². The summed E-state index contributed by atoms with van der Waals surface area (Å²) in [4.78, 5) is 0. The van der Waals surface area contributed by atoms with E-state index in [-0.39, 0.29) is 0 Å². The van der Waals surface area contributed by atoms with Gasteiger partial charge in [0.1, 0.15) is 8.96 Å². The molecule has 0 radical (unpaired) electrons. The number of hydrogen-bond acceptors (Lipinski definition) is 1. The molecule has 0 aliphatic carbocycles. The molecule has 0 fully saturated rings. The minimum atomic E-state index is -1.03. The average Bonchev–Trinajstić information content (AvgIpc) is 1.90. The fraction of sp³-hybridized carbons (Fsp3) is 0.143. The van der Waals surface area contributed by atoms with Crippen LogP contribution in [-0.2, 0) is 0 Å². The van der Waals surface area contributed by atoms with Crippen LogP contribution in [-0.4, -0.2) is 8.96 Å². The molecule has 0 aromatic heterocycles. The lowest BCUT2D eigenvalue weighted by atomic mass is 10.4. The molecule has 1 aromatic rings. The number of rotatable bonds is 1. The SMILES string of the molecule is C[SiH](N)c1ccccc1. The van der Waals surface area contributed by atoms with E-state index >= 15 is 0 Å². The standard InChI is InChI=1S/C7H11NSi/c1-9(8)7-5-3-2-4-6-7/h2-6,9H,8H2,1H3. The molecule has 48 valence electrons. The van der Waals surface area contributed by atoms with E-state index in [9.17, 15) is 0 Å². The molecule has 0 bridgehead atoms. The second kappa shape index (κ2) is 2.80. The van der Waals surface area contributed by atoms with Crippen molar-refractivity contribution in [1.82, 2.24) is 0 Å². The number of benzene rings is 1. The van der Waals surface area contributed by atoms with Crippen molar-refractivity contribution in [2.24, 2.45) is 5.40 Å². The van der Waals surface area contributed by atoms with E-state index in [0.717, 1.165) is 0 Å². The molecular formula is C7H11NSi. The Bertz CT molecular complexity index is 172. The highest BCUT2D eigenvalue weighted by Gasteiger charge is 1.96. The molecule has 0 saturated heterocycles. The third-order valence-corrected chi connectivity index (χ3v) is 2.76. The Morgan fingerprint density at radius 1 is 1.22 bits per heavy atom. The zero-order chi connectivity index (χ0) is 6.69. The van der Waals surface area contributed by atoms with Crippen LogP contribution in [0.25, 0.3) is 0 Å². The predicted molar refractivity (Wildman–Crippen MR) is 43.3 cm³/mol. The molecule has 1 rings (SSSR count). The maximum Gasteiger partial charge on any atom is 0.135 e. The normalized spacial score (nSPS) is 13.1. The average molecular weight is 137 g/mol. The van der Waals surface area contributed by atoms with Crippen molar-refractivity contribution in [1.29, 1.82) is 0 Å². The maximum atomic E-state index is 5.75. The topological polar surface area (TPSA) is 26.0 Å². The first-order valence-electron chi connectivity index (χ1n) is 3.11. The molecule has 2 N–H and O–H groups in total. The summed E-state index contributed by atoms with van der Waals surface area (Å²) in [5.41, 5.74) is 0. The fourth-order valence-corrected chi connectivity index (χ4v) is 1.59. The monoisotopic (exact) mass is 137 g/mol. The summed E-state index contributed by atoms with van der Waals surface area (Å²) in [6.07, 6.45) is 0. The maximum absolute atomic E-state index is 5.75. The van der Waals surface area contributed by atoms with Crippen LogP contribution in [0, 0.1) is 0 Å². The minimum Gasteiger partial charge on any atom is -0.350 e. The van der Waals surface area contributed by atoms with E-state index < -0.39 is 8.96 Å². The summed E-state index contributed by atoms with van der Waals surface area (Å²) in [6.45, 7) is 2.12. The van der Waals surface area contributed by atoms with Gasteiger partial charge in [-0.25, -0.2) is 0 Å². The second-order valence-electron chi connectivity index (χ2n) is 2.20. The lowest BCUT2D eigenvalue weighted by Gasteiger charge is -1.99. The van der Waals surface area contributed by atoms with Gasteiger partial charge in [0.2, 0.25) is 0 Å². The molecule has 0 amide bonds. The smallest absolute Gasteiger partial charge is 0.135 e. The lowest BCUT2D eigenvalue weighted by Crippen LogP contribution is -2.35. The van der Waals surface area contributed by atoms with Gasteiger partial charge in [0.15, 0.2) is 0 Å². The highest BCUT2D eigenvalue weighted by Crippen LogP contribution is 1.82. The van der Waals surface area contributed by atoms with E-state index in [2.05, 4.69) is 18.7 Å². The van der Waals surface area contributed by atoms with Gasteiger partial charge in [-0.2, -0.15) is 0 Å². The fourth-order valence-electron chi connectivity index (χ4n) is 0.757. The Labute approximate surface area is 57.2 Å². The van der Waals surface area contributed by atoms with Gasteiger partial charge in [0.25, 0.3) is 0 Å². The Morgan fingerprint density at radius 2 is 1.78 bits per heavy atom. The molecule has 0 spiro atoms. The Hall–Kier alpha value is -0.603. The van der Waals surface area contributed by atoms with Crippen molar-refractivity contribution in [3.05, 3.63) is 30.3 Å². The Kier molecular flexibility index (Phi) is 2.03. The third kappa shape index (κ3) is 1.66. The van der Waals surface area contributed by atoms with Gasteiger partial charge in [0.05, 0.1) is 0 Å². The summed E-state index contributed by atoms with van der Waals surface area (Å²) < 4.78 is 0. The van der Waals surface area contributed by atoms with Crippen LogP contribution in [0.4, 0.5) is 0 Å². The first-order chi connectivity index (χ1) is 4.30. The van der Waals surface area contributed by atoms with Crippen LogP contribution in [0.15, 0.2) is 30.3 Å². The van der Waals surface area contributed by atoms with Crippen LogP contribution >= 0.6 is 0 Å². The first kappa shape index (κ1) is 6.52. The van der Waals surface area contributed by atoms with E-state index in [4.69, 9.17) is 5.40 Å². The van der Waals surface area contributed by atoms with Crippen LogP contribution in [0.5, 0.6) is 0 Å². The molecule has 0 aliphatic heterocycles. The van der Waals surface area contributed by atoms with Gasteiger partial charge in [0, 0.05) is 0 Å². The van der Waals surface area contributed by atoms with Gasteiger partial charge >= 0.3 is 0 Å². The number of nitrogens with two attached hydrogens (primary N) is 1. The van der Waals surface area contributed by atoms with Gasteiger partial charge in [-0.1, -0.05) is 36.9 Å². The van der Waals surface area contributed by atoms with E-state index in [1.807, 2.05) is 18.2 Å². The lowest BCUT2D eigenvalue weighted by molar-refractivity contribution is 1.70. The highest BCUT2D eigenvalue weighted by atomic mass is 28.3. The number of hydrogen-bond donors (Lipinski definition) is 1. The van der Waals surface area contributed by atoms with E-state index in [1.165, 1.54) is 5.19 Å². The summed E-state index contributed by atoms with van der Waals surface area (Å²) >= 11 is 0. The second-order valence-corrected chi connectivity index (χ2v) is 4.44. The van der Waals surface area contributed by atoms with Crippen LogP contribution in [0.1, 0.15) is 0 Å². The summed E-state index contributed by atoms with van der Waals surface area (Å²) in [5.74, 6) is 0. The molecule has 1 unspecified atom stereocenters.